The molecule has 0 fully saturated rings. The first-order valence-electron chi connectivity index (χ1n) is 7.91. The molecule has 0 aliphatic rings. The van der Waals surface area contributed by atoms with Crippen molar-refractivity contribution >= 4 is 22.4 Å². The molecule has 4 rings (SSSR count). The molecule has 0 radical (unpaired) electrons. The number of tetrazole rings is 1. The topological polar surface area (TPSA) is 85.6 Å². The summed E-state index contributed by atoms with van der Waals surface area (Å²) in [7, 11) is 0. The van der Waals surface area contributed by atoms with Crippen LogP contribution in [0.3, 0.4) is 0 Å². The van der Waals surface area contributed by atoms with Crippen LogP contribution in [0.1, 0.15) is 20.8 Å². The van der Waals surface area contributed by atoms with E-state index in [-0.39, 0.29) is 5.91 Å². The Morgan fingerprint density at radius 1 is 1.08 bits per heavy atom. The highest BCUT2D eigenvalue weighted by Gasteiger charge is 2.10. The van der Waals surface area contributed by atoms with E-state index in [0.29, 0.717) is 10.7 Å². The maximum absolute atomic E-state index is 12.4. The maximum atomic E-state index is 12.4. The average Bonchev–Trinajstić information content (AvgIpc) is 3.35. The highest BCUT2D eigenvalue weighted by atomic mass is 32.1. The minimum Gasteiger partial charge on any atom is -0.298 e. The lowest BCUT2D eigenvalue weighted by Crippen LogP contribution is -2.11. The Labute approximate surface area is 153 Å². The van der Waals surface area contributed by atoms with Gasteiger partial charge < -0.3 is 0 Å². The van der Waals surface area contributed by atoms with Crippen molar-refractivity contribution in [1.29, 1.82) is 0 Å². The Kier molecular flexibility index (Phi) is 4.48. The van der Waals surface area contributed by atoms with Crippen molar-refractivity contribution in [3.05, 3.63) is 83.1 Å². The second-order valence-electron chi connectivity index (χ2n) is 5.55. The number of hydrogen-bond acceptors (Lipinski definition) is 6. The molecule has 0 bridgehead atoms. The first-order valence-corrected chi connectivity index (χ1v) is 8.73. The second kappa shape index (κ2) is 7.24. The minimum absolute atomic E-state index is 0.200. The summed E-state index contributed by atoms with van der Waals surface area (Å²) in [5.41, 5.74) is 2.54. The van der Waals surface area contributed by atoms with Crippen LogP contribution >= 0.6 is 11.3 Å². The number of rotatable bonds is 5. The minimum atomic E-state index is -0.200. The molecule has 0 atom stereocenters. The fourth-order valence-electron chi connectivity index (χ4n) is 2.46. The summed E-state index contributed by atoms with van der Waals surface area (Å²) in [6.45, 7) is 0. The number of nitrogens with one attached hydrogen (secondary N) is 1. The summed E-state index contributed by atoms with van der Waals surface area (Å²) < 4.78 is 1.53. The van der Waals surface area contributed by atoms with E-state index in [0.717, 1.165) is 17.0 Å². The van der Waals surface area contributed by atoms with Gasteiger partial charge in [0.1, 0.15) is 6.33 Å². The highest BCUT2D eigenvalue weighted by molar-refractivity contribution is 7.15. The summed E-state index contributed by atoms with van der Waals surface area (Å²) in [4.78, 5) is 17.8. The van der Waals surface area contributed by atoms with Crippen molar-refractivity contribution in [3.8, 4) is 5.69 Å². The summed E-state index contributed by atoms with van der Waals surface area (Å²) in [5.74, 6) is -0.200. The van der Waals surface area contributed by atoms with Crippen molar-refractivity contribution < 1.29 is 4.79 Å². The van der Waals surface area contributed by atoms with E-state index in [9.17, 15) is 4.79 Å². The smallest absolute Gasteiger partial charge is 0.257 e. The molecular formula is C18H14N6OS. The van der Waals surface area contributed by atoms with E-state index in [2.05, 4.69) is 38.0 Å². The molecule has 2 aromatic carbocycles. The van der Waals surface area contributed by atoms with Crippen LogP contribution in [-0.4, -0.2) is 31.1 Å². The number of hydrogen-bond donors (Lipinski definition) is 1. The zero-order valence-corrected chi connectivity index (χ0v) is 14.4. The molecule has 7 nitrogen and oxygen atoms in total. The predicted molar refractivity (Wildman–Crippen MR) is 98.5 cm³/mol. The van der Waals surface area contributed by atoms with Crippen molar-refractivity contribution in [2.24, 2.45) is 0 Å². The van der Waals surface area contributed by atoms with Gasteiger partial charge in [-0.2, -0.15) is 0 Å². The Morgan fingerprint density at radius 3 is 2.62 bits per heavy atom. The normalized spacial score (nSPS) is 10.6. The average molecular weight is 362 g/mol. The fourth-order valence-corrected chi connectivity index (χ4v) is 3.30. The van der Waals surface area contributed by atoms with Crippen molar-refractivity contribution in [2.75, 3.05) is 5.32 Å². The Bertz CT molecular complexity index is 996. The molecule has 4 aromatic rings. The first-order chi connectivity index (χ1) is 12.8. The van der Waals surface area contributed by atoms with Crippen molar-refractivity contribution in [3.63, 3.8) is 0 Å². The number of amides is 1. The van der Waals surface area contributed by atoms with Gasteiger partial charge in [0, 0.05) is 23.1 Å². The quantitative estimate of drug-likeness (QED) is 0.590. The van der Waals surface area contributed by atoms with Gasteiger partial charge in [-0.15, -0.1) is 16.4 Å². The molecule has 26 heavy (non-hydrogen) atoms. The van der Waals surface area contributed by atoms with Gasteiger partial charge in [0.05, 0.1) is 5.69 Å². The lowest BCUT2D eigenvalue weighted by molar-refractivity contribution is 0.102. The zero-order chi connectivity index (χ0) is 17.8. The van der Waals surface area contributed by atoms with Gasteiger partial charge in [-0.3, -0.25) is 10.1 Å². The number of carbonyl (C=O) groups is 1. The molecule has 8 heteroatoms. The number of benzene rings is 2. The van der Waals surface area contributed by atoms with Gasteiger partial charge in [0.25, 0.3) is 5.91 Å². The summed E-state index contributed by atoms with van der Waals surface area (Å²) >= 11 is 1.48. The van der Waals surface area contributed by atoms with Gasteiger partial charge >= 0.3 is 0 Å². The number of aromatic nitrogens is 5. The number of anilines is 1. The zero-order valence-electron chi connectivity index (χ0n) is 13.6. The molecule has 0 spiro atoms. The van der Waals surface area contributed by atoms with Crippen LogP contribution in [0.15, 0.2) is 67.1 Å². The molecule has 1 amide bonds. The van der Waals surface area contributed by atoms with Crippen LogP contribution in [0.4, 0.5) is 5.13 Å². The molecule has 0 saturated heterocycles. The molecule has 0 saturated carbocycles. The summed E-state index contributed by atoms with van der Waals surface area (Å²) in [5, 5.41) is 14.4. The third-order valence-electron chi connectivity index (χ3n) is 3.74. The van der Waals surface area contributed by atoms with E-state index in [4.69, 9.17) is 0 Å². The third kappa shape index (κ3) is 3.65. The van der Waals surface area contributed by atoms with Crippen LogP contribution in [0.2, 0.25) is 0 Å². The fraction of sp³-hybridized carbons (Fsp3) is 0.0556. The first kappa shape index (κ1) is 16.1. The van der Waals surface area contributed by atoms with E-state index in [1.807, 2.05) is 18.2 Å². The molecule has 128 valence electrons. The van der Waals surface area contributed by atoms with E-state index < -0.39 is 0 Å². The van der Waals surface area contributed by atoms with Crippen LogP contribution in [0.25, 0.3) is 5.69 Å². The van der Waals surface area contributed by atoms with E-state index in [1.165, 1.54) is 27.9 Å². The Morgan fingerprint density at radius 2 is 1.88 bits per heavy atom. The highest BCUT2D eigenvalue weighted by Crippen LogP contribution is 2.22. The lowest BCUT2D eigenvalue weighted by Gasteiger charge is -2.03. The van der Waals surface area contributed by atoms with Gasteiger partial charge in [-0.25, -0.2) is 9.67 Å². The maximum Gasteiger partial charge on any atom is 0.257 e. The predicted octanol–water partition coefficient (Wildman–Crippen LogP) is 2.96. The summed E-state index contributed by atoms with van der Waals surface area (Å²) in [6, 6.07) is 17.2. The Balaban J connectivity index is 1.42. The van der Waals surface area contributed by atoms with Gasteiger partial charge in [0.15, 0.2) is 5.13 Å². The number of nitrogens with zero attached hydrogens (tertiary/aromatic N) is 5. The van der Waals surface area contributed by atoms with E-state index in [1.54, 1.807) is 30.5 Å². The molecule has 1 N–H and O–H groups in total. The van der Waals surface area contributed by atoms with Gasteiger partial charge in [-0.05, 0) is 40.3 Å². The number of carbonyl (C=O) groups excluding carboxylic acids is 1. The van der Waals surface area contributed by atoms with Gasteiger partial charge in [0.2, 0.25) is 0 Å². The lowest BCUT2D eigenvalue weighted by atomic mass is 10.1. The SMILES string of the molecule is O=C(Nc1ncc(Cc2ccccc2)s1)c1ccc(-n2cnnn2)cc1. The van der Waals surface area contributed by atoms with Crippen LogP contribution in [0, 0.1) is 0 Å². The largest absolute Gasteiger partial charge is 0.298 e. The second-order valence-corrected chi connectivity index (χ2v) is 6.66. The molecular weight excluding hydrogens is 348 g/mol. The standard InChI is InChI=1S/C18H14N6OS/c25-17(14-6-8-15(9-7-14)24-12-20-22-23-24)21-18-19-11-16(26-18)10-13-4-2-1-3-5-13/h1-9,11-12H,10H2,(H,19,21,25). The van der Waals surface area contributed by atoms with Crippen molar-refractivity contribution in [1.82, 2.24) is 25.2 Å². The summed E-state index contributed by atoms with van der Waals surface area (Å²) in [6.07, 6.45) is 4.10. The van der Waals surface area contributed by atoms with Crippen LogP contribution in [-0.2, 0) is 6.42 Å². The number of thiazole rings is 1. The van der Waals surface area contributed by atoms with Crippen LogP contribution in [0.5, 0.6) is 0 Å². The van der Waals surface area contributed by atoms with Crippen molar-refractivity contribution in [2.45, 2.75) is 6.42 Å². The third-order valence-corrected chi connectivity index (χ3v) is 4.65. The molecule has 0 aliphatic heterocycles. The van der Waals surface area contributed by atoms with E-state index >= 15 is 0 Å². The van der Waals surface area contributed by atoms with Crippen LogP contribution < -0.4 is 5.32 Å². The molecule has 2 aromatic heterocycles. The Hall–Kier alpha value is -3.39. The monoisotopic (exact) mass is 362 g/mol. The van der Waals surface area contributed by atoms with Gasteiger partial charge in [-0.1, -0.05) is 30.3 Å². The molecule has 0 unspecified atom stereocenters. The molecule has 2 heterocycles. The molecule has 0 aliphatic carbocycles.